The molecule has 7 heteroatoms. The van der Waals surface area contributed by atoms with Crippen LogP contribution in [0, 0.1) is 17.0 Å². The minimum Gasteiger partial charge on any atom is -1.00 e. The maximum Gasteiger partial charge on any atom is 0.278 e. The lowest BCUT2D eigenvalue weighted by atomic mass is 10.1. The molecule has 0 atom stereocenters. The van der Waals surface area contributed by atoms with Gasteiger partial charge in [-0.1, -0.05) is 23.5 Å². The number of hydrogen-bond acceptors (Lipinski definition) is 4. The van der Waals surface area contributed by atoms with Crippen LogP contribution < -0.4 is 21.5 Å². The first-order valence-electron chi connectivity index (χ1n) is 5.93. The van der Waals surface area contributed by atoms with Crippen LogP contribution in [0.5, 0.6) is 0 Å². The summed E-state index contributed by atoms with van der Waals surface area (Å²) in [5, 5.41) is 19.9. The van der Waals surface area contributed by atoms with E-state index in [4.69, 9.17) is 5.11 Å². The molecule has 108 valence electrons. The molecule has 0 aliphatic rings. The van der Waals surface area contributed by atoms with Crippen LogP contribution in [-0.4, -0.2) is 16.6 Å². The van der Waals surface area contributed by atoms with E-state index in [-0.39, 0.29) is 34.2 Å². The lowest BCUT2D eigenvalue weighted by molar-refractivity contribution is -0.690. The van der Waals surface area contributed by atoms with Crippen molar-refractivity contribution in [2.75, 3.05) is 6.61 Å². The van der Waals surface area contributed by atoms with Gasteiger partial charge in [0.05, 0.1) is 15.4 Å². The molecular weight excluding hydrogens is 344 g/mol. The van der Waals surface area contributed by atoms with Crippen molar-refractivity contribution in [2.24, 2.45) is 0 Å². The van der Waals surface area contributed by atoms with Crippen LogP contribution in [0.4, 0.5) is 5.69 Å². The van der Waals surface area contributed by atoms with Crippen LogP contribution >= 0.6 is 11.3 Å². The summed E-state index contributed by atoms with van der Waals surface area (Å²) in [6.45, 7) is 2.56. The largest absolute Gasteiger partial charge is 1.00 e. The molecule has 0 saturated carbocycles. The van der Waals surface area contributed by atoms with Crippen LogP contribution in [0.3, 0.4) is 0 Å². The highest BCUT2D eigenvalue weighted by molar-refractivity contribution is 7.09. The number of halogens is 1. The van der Waals surface area contributed by atoms with Gasteiger partial charge in [-0.25, -0.2) is 0 Å². The van der Waals surface area contributed by atoms with E-state index in [1.165, 1.54) is 6.07 Å². The molecule has 0 amide bonds. The molecule has 0 fully saturated rings. The highest BCUT2D eigenvalue weighted by Gasteiger charge is 2.20. The van der Waals surface area contributed by atoms with Gasteiger partial charge >= 0.3 is 0 Å². The molecule has 2 aromatic rings. The third kappa shape index (κ3) is 3.62. The minimum atomic E-state index is -0.355. The Morgan fingerprint density at radius 1 is 1.40 bits per heavy atom. The van der Waals surface area contributed by atoms with Gasteiger partial charge in [-0.05, 0) is 6.07 Å². The summed E-state index contributed by atoms with van der Waals surface area (Å²) in [5.74, 6) is 0. The van der Waals surface area contributed by atoms with Gasteiger partial charge in [-0.2, -0.15) is 4.57 Å². The maximum atomic E-state index is 11.0. The average molecular weight is 359 g/mol. The molecule has 0 spiro atoms. The van der Waals surface area contributed by atoms with E-state index in [0.717, 1.165) is 10.6 Å². The van der Waals surface area contributed by atoms with Gasteiger partial charge in [-0.3, -0.25) is 10.1 Å². The molecule has 20 heavy (non-hydrogen) atoms. The molecule has 5 nitrogen and oxygen atoms in total. The van der Waals surface area contributed by atoms with Crippen molar-refractivity contribution in [3.05, 3.63) is 56.0 Å². The van der Waals surface area contributed by atoms with Crippen molar-refractivity contribution < 1.29 is 31.6 Å². The number of rotatable bonds is 5. The van der Waals surface area contributed by atoms with Crippen molar-refractivity contribution in [1.82, 2.24) is 0 Å². The van der Waals surface area contributed by atoms with E-state index in [1.807, 2.05) is 17.0 Å². The molecule has 1 N–H and O–H groups in total. The van der Waals surface area contributed by atoms with E-state index >= 15 is 0 Å². The molecule has 2 rings (SSSR count). The van der Waals surface area contributed by atoms with Gasteiger partial charge < -0.3 is 22.1 Å². The van der Waals surface area contributed by atoms with Gasteiger partial charge in [0.15, 0.2) is 12.2 Å². The highest BCUT2D eigenvalue weighted by atomic mass is 79.9. The standard InChI is InChI=1S/C13H15N2O3S.BrH/c1-10-13(6-7-16)19-9-14(10)8-11-4-2-3-5-12(11)15(17)18;/h2-5,9,16H,6-8H2,1H3;1H/q+1;/p-1. The van der Waals surface area contributed by atoms with Crippen LogP contribution in [-0.2, 0) is 13.0 Å². The quantitative estimate of drug-likeness (QED) is 0.416. The fraction of sp³-hybridized carbons (Fsp3) is 0.308. The normalized spacial score (nSPS) is 10.1. The molecule has 0 saturated heterocycles. The van der Waals surface area contributed by atoms with E-state index in [1.54, 1.807) is 29.5 Å². The van der Waals surface area contributed by atoms with Crippen LogP contribution in [0.2, 0.25) is 0 Å². The number of aliphatic hydroxyl groups is 1. The Morgan fingerprint density at radius 3 is 2.75 bits per heavy atom. The zero-order valence-electron chi connectivity index (χ0n) is 11.0. The predicted octanol–water partition coefficient (Wildman–Crippen LogP) is -1.16. The topological polar surface area (TPSA) is 67.2 Å². The molecule has 0 bridgehead atoms. The summed E-state index contributed by atoms with van der Waals surface area (Å²) >= 11 is 1.57. The van der Waals surface area contributed by atoms with Crippen molar-refractivity contribution in [1.29, 1.82) is 0 Å². The SMILES string of the molecule is Cc1c(CCO)sc[n+]1Cc1ccccc1[N+](=O)[O-].[Br-]. The number of nitro groups is 1. The molecular formula is C13H15BrN2O3S. The lowest BCUT2D eigenvalue weighted by Gasteiger charge is -1.99. The Balaban J connectivity index is 0.00000200. The molecule has 1 aromatic carbocycles. The number of aromatic nitrogens is 1. The van der Waals surface area contributed by atoms with Crippen LogP contribution in [0.25, 0.3) is 0 Å². The summed E-state index contributed by atoms with van der Waals surface area (Å²) in [7, 11) is 0. The molecule has 0 unspecified atom stereocenters. The number of thiazole rings is 1. The van der Waals surface area contributed by atoms with Gasteiger partial charge in [0, 0.05) is 26.0 Å². The predicted molar refractivity (Wildman–Crippen MR) is 72.2 cm³/mol. The number of nitro benzene ring substituents is 1. The van der Waals surface area contributed by atoms with Crippen molar-refractivity contribution in [3.8, 4) is 0 Å². The Hall–Kier alpha value is -1.31. The fourth-order valence-corrected chi connectivity index (χ4v) is 2.94. The van der Waals surface area contributed by atoms with E-state index in [2.05, 4.69) is 0 Å². The van der Waals surface area contributed by atoms with Gasteiger partial charge in [0.1, 0.15) is 0 Å². The monoisotopic (exact) mass is 358 g/mol. The second kappa shape index (κ2) is 7.47. The lowest BCUT2D eigenvalue weighted by Crippen LogP contribution is -3.00. The Morgan fingerprint density at radius 2 is 2.10 bits per heavy atom. The summed E-state index contributed by atoms with van der Waals surface area (Å²) in [6.07, 6.45) is 0.625. The fourth-order valence-electron chi connectivity index (χ4n) is 1.96. The Bertz CT molecular complexity index is 601. The first-order chi connectivity index (χ1) is 9.13. The molecule has 0 aliphatic carbocycles. The summed E-state index contributed by atoms with van der Waals surface area (Å²) in [6, 6.07) is 6.77. The number of nitrogens with zero attached hydrogens (tertiary/aromatic N) is 2. The van der Waals surface area contributed by atoms with Gasteiger partial charge in [0.25, 0.3) is 5.69 Å². The second-order valence-corrected chi connectivity index (χ2v) is 5.16. The van der Waals surface area contributed by atoms with E-state index < -0.39 is 0 Å². The van der Waals surface area contributed by atoms with Crippen molar-refractivity contribution in [2.45, 2.75) is 19.9 Å². The molecule has 0 aliphatic heterocycles. The van der Waals surface area contributed by atoms with Gasteiger partial charge in [-0.15, -0.1) is 0 Å². The zero-order valence-corrected chi connectivity index (χ0v) is 13.4. The third-order valence-corrected chi connectivity index (χ3v) is 4.17. The van der Waals surface area contributed by atoms with Crippen molar-refractivity contribution >= 4 is 17.0 Å². The summed E-state index contributed by atoms with van der Waals surface area (Å²) in [5.41, 5.74) is 3.83. The third-order valence-electron chi connectivity index (χ3n) is 3.02. The zero-order chi connectivity index (χ0) is 13.8. The highest BCUT2D eigenvalue weighted by Crippen LogP contribution is 2.18. The molecule has 0 radical (unpaired) electrons. The van der Waals surface area contributed by atoms with Crippen LogP contribution in [0.15, 0.2) is 29.8 Å². The number of hydrogen-bond donors (Lipinski definition) is 1. The van der Waals surface area contributed by atoms with E-state index in [9.17, 15) is 10.1 Å². The Labute approximate surface area is 131 Å². The van der Waals surface area contributed by atoms with Gasteiger partial charge in [0.2, 0.25) is 5.51 Å². The van der Waals surface area contributed by atoms with Crippen molar-refractivity contribution in [3.63, 3.8) is 0 Å². The first-order valence-corrected chi connectivity index (χ1v) is 6.81. The number of para-hydroxylation sites is 1. The van der Waals surface area contributed by atoms with E-state index in [0.29, 0.717) is 18.5 Å². The number of benzene rings is 1. The Kier molecular flexibility index (Phi) is 6.25. The summed E-state index contributed by atoms with van der Waals surface area (Å²) < 4.78 is 1.98. The summed E-state index contributed by atoms with van der Waals surface area (Å²) in [4.78, 5) is 11.7. The molecule has 1 aromatic heterocycles. The average Bonchev–Trinajstić information content (AvgIpc) is 2.73. The minimum absolute atomic E-state index is 0. The maximum absolute atomic E-state index is 11.0. The number of aliphatic hydroxyl groups excluding tert-OH is 1. The smallest absolute Gasteiger partial charge is 0.278 e. The molecule has 1 heterocycles. The van der Waals surface area contributed by atoms with Crippen LogP contribution in [0.1, 0.15) is 16.1 Å². The first kappa shape index (κ1) is 16.7. The second-order valence-electron chi connectivity index (χ2n) is 4.22.